The van der Waals surface area contributed by atoms with Gasteiger partial charge in [-0.15, -0.1) is 12.4 Å². The van der Waals surface area contributed by atoms with Crippen molar-refractivity contribution in [1.82, 2.24) is 0 Å². The van der Waals surface area contributed by atoms with E-state index in [0.29, 0.717) is 0 Å². The predicted molar refractivity (Wildman–Crippen MR) is 44.9 cm³/mol. The van der Waals surface area contributed by atoms with Crippen molar-refractivity contribution in [3.8, 4) is 0 Å². The highest BCUT2D eigenvalue weighted by Gasteiger charge is 2.11. The number of halogens is 1. The molecule has 0 aliphatic rings. The fourth-order valence-electron chi connectivity index (χ4n) is 0.421. The molecule has 0 heterocycles. The Morgan fingerprint density at radius 2 is 1.83 bits per heavy atom. The van der Waals surface area contributed by atoms with E-state index in [4.69, 9.17) is 16.6 Å². The van der Waals surface area contributed by atoms with Gasteiger partial charge in [0.25, 0.3) is 0 Å². The lowest BCUT2D eigenvalue weighted by molar-refractivity contribution is -0.138. The SMILES string of the molecule is Cl.NC(=O)CC[C@H](N)C(=O)O.O. The minimum Gasteiger partial charge on any atom is -0.480 e. The first-order chi connectivity index (χ1) is 4.54. The summed E-state index contributed by atoms with van der Waals surface area (Å²) in [7, 11) is 0. The number of carboxylic acids is 1. The van der Waals surface area contributed by atoms with Gasteiger partial charge in [0.2, 0.25) is 5.91 Å². The maximum Gasteiger partial charge on any atom is 0.320 e. The lowest BCUT2D eigenvalue weighted by atomic mass is 10.2. The van der Waals surface area contributed by atoms with Crippen LogP contribution in [0, 0.1) is 0 Å². The van der Waals surface area contributed by atoms with Crippen LogP contribution in [0.2, 0.25) is 0 Å². The molecular weight excluding hydrogens is 188 g/mol. The van der Waals surface area contributed by atoms with Gasteiger partial charge in [-0.1, -0.05) is 0 Å². The molecule has 0 radical (unpaired) electrons. The van der Waals surface area contributed by atoms with Crippen LogP contribution in [0.25, 0.3) is 0 Å². The van der Waals surface area contributed by atoms with Crippen LogP contribution >= 0.6 is 12.4 Å². The Labute approximate surface area is 75.6 Å². The van der Waals surface area contributed by atoms with Crippen LogP contribution in [0.3, 0.4) is 0 Å². The molecule has 0 fully saturated rings. The summed E-state index contributed by atoms with van der Waals surface area (Å²) in [6.07, 6.45) is 0.123. The van der Waals surface area contributed by atoms with Crippen molar-refractivity contribution in [3.63, 3.8) is 0 Å². The van der Waals surface area contributed by atoms with E-state index in [2.05, 4.69) is 0 Å². The summed E-state index contributed by atoms with van der Waals surface area (Å²) < 4.78 is 0. The molecule has 0 bridgehead atoms. The van der Waals surface area contributed by atoms with E-state index in [0.717, 1.165) is 0 Å². The third-order valence-electron chi connectivity index (χ3n) is 1.02. The predicted octanol–water partition coefficient (Wildman–Crippen LogP) is -1.74. The topological polar surface area (TPSA) is 138 Å². The van der Waals surface area contributed by atoms with E-state index in [1.165, 1.54) is 0 Å². The smallest absolute Gasteiger partial charge is 0.320 e. The Balaban J connectivity index is -0.000000405. The van der Waals surface area contributed by atoms with Gasteiger partial charge in [0, 0.05) is 6.42 Å². The van der Waals surface area contributed by atoms with Crippen molar-refractivity contribution in [2.24, 2.45) is 11.5 Å². The van der Waals surface area contributed by atoms with Gasteiger partial charge in [0.05, 0.1) is 0 Å². The number of primary amides is 1. The molecule has 74 valence electrons. The molecule has 0 aromatic rings. The van der Waals surface area contributed by atoms with Gasteiger partial charge >= 0.3 is 5.97 Å². The van der Waals surface area contributed by atoms with Gasteiger partial charge < -0.3 is 22.1 Å². The zero-order valence-corrected chi connectivity index (χ0v) is 7.13. The van der Waals surface area contributed by atoms with E-state index >= 15 is 0 Å². The highest BCUT2D eigenvalue weighted by atomic mass is 35.5. The van der Waals surface area contributed by atoms with Crippen LogP contribution in [0.4, 0.5) is 0 Å². The van der Waals surface area contributed by atoms with Crippen molar-refractivity contribution in [2.75, 3.05) is 0 Å². The van der Waals surface area contributed by atoms with Gasteiger partial charge in [-0.25, -0.2) is 0 Å². The monoisotopic (exact) mass is 200 g/mol. The number of carbonyl (C=O) groups is 2. The molecule has 0 aliphatic carbocycles. The first-order valence-corrected chi connectivity index (χ1v) is 2.80. The molecule has 6 nitrogen and oxygen atoms in total. The van der Waals surface area contributed by atoms with Crippen molar-refractivity contribution < 1.29 is 20.2 Å². The number of aliphatic carboxylic acids is 1. The third kappa shape index (κ3) is 9.15. The quantitative estimate of drug-likeness (QED) is 0.496. The molecule has 0 spiro atoms. The molecular formula is C5H13ClN2O4. The van der Waals surface area contributed by atoms with Gasteiger partial charge in [-0.05, 0) is 6.42 Å². The highest BCUT2D eigenvalue weighted by Crippen LogP contribution is 1.92. The van der Waals surface area contributed by atoms with E-state index in [-0.39, 0.29) is 30.7 Å². The summed E-state index contributed by atoms with van der Waals surface area (Å²) in [5.74, 6) is -1.64. The second-order valence-corrected chi connectivity index (χ2v) is 1.95. The van der Waals surface area contributed by atoms with Crippen LogP contribution < -0.4 is 11.5 Å². The van der Waals surface area contributed by atoms with Crippen molar-refractivity contribution >= 4 is 24.3 Å². The van der Waals surface area contributed by atoms with Crippen LogP contribution in [0.15, 0.2) is 0 Å². The standard InChI is InChI=1S/C5H10N2O3.ClH.H2O/c6-3(5(9)10)1-2-4(7)8;;/h3H,1-2,6H2,(H2,7,8)(H,9,10);1H;1H2/t3-;;/m0../s1. The lowest BCUT2D eigenvalue weighted by Gasteiger charge is -2.01. The molecule has 1 amide bonds. The number of carbonyl (C=O) groups excluding carboxylic acids is 1. The van der Waals surface area contributed by atoms with Crippen molar-refractivity contribution in [1.29, 1.82) is 0 Å². The zero-order valence-electron chi connectivity index (χ0n) is 6.32. The van der Waals surface area contributed by atoms with Crippen LogP contribution in [0.1, 0.15) is 12.8 Å². The van der Waals surface area contributed by atoms with Gasteiger partial charge in [0.1, 0.15) is 6.04 Å². The number of nitrogens with two attached hydrogens (primary N) is 2. The normalized spacial score (nSPS) is 10.4. The summed E-state index contributed by atoms with van der Waals surface area (Å²) in [5, 5.41) is 8.22. The summed E-state index contributed by atoms with van der Waals surface area (Å²) in [6, 6.07) is -0.979. The van der Waals surface area contributed by atoms with E-state index in [1.807, 2.05) is 0 Å². The number of carboxylic acid groups (broad SMARTS) is 1. The minimum atomic E-state index is -1.11. The molecule has 7 heteroatoms. The Morgan fingerprint density at radius 1 is 1.42 bits per heavy atom. The van der Waals surface area contributed by atoms with Crippen molar-refractivity contribution in [3.05, 3.63) is 0 Å². The van der Waals surface area contributed by atoms with E-state index < -0.39 is 17.9 Å². The molecule has 12 heavy (non-hydrogen) atoms. The molecule has 0 rings (SSSR count). The maximum atomic E-state index is 10.1. The molecule has 0 aliphatic heterocycles. The Kier molecular flexibility index (Phi) is 11.9. The average molecular weight is 201 g/mol. The second-order valence-electron chi connectivity index (χ2n) is 1.95. The molecule has 0 saturated heterocycles. The van der Waals surface area contributed by atoms with Crippen molar-refractivity contribution in [2.45, 2.75) is 18.9 Å². The summed E-state index contributed by atoms with van der Waals surface area (Å²) in [6.45, 7) is 0. The third-order valence-corrected chi connectivity index (χ3v) is 1.02. The first-order valence-electron chi connectivity index (χ1n) is 2.80. The van der Waals surface area contributed by atoms with E-state index in [9.17, 15) is 9.59 Å². The number of amides is 1. The zero-order chi connectivity index (χ0) is 8.15. The summed E-state index contributed by atoms with van der Waals surface area (Å²) >= 11 is 0. The highest BCUT2D eigenvalue weighted by molar-refractivity contribution is 5.85. The molecule has 7 N–H and O–H groups in total. The van der Waals surface area contributed by atoms with Gasteiger partial charge in [0.15, 0.2) is 0 Å². The van der Waals surface area contributed by atoms with Gasteiger partial charge in [-0.2, -0.15) is 0 Å². The maximum absolute atomic E-state index is 10.1. The molecule has 0 unspecified atom stereocenters. The first kappa shape index (κ1) is 17.3. The van der Waals surface area contributed by atoms with Crippen LogP contribution in [-0.4, -0.2) is 28.5 Å². The minimum absolute atomic E-state index is 0. The molecule has 1 atom stereocenters. The fourth-order valence-corrected chi connectivity index (χ4v) is 0.421. The Bertz CT molecular complexity index is 152. The summed E-state index contributed by atoms with van der Waals surface area (Å²) in [5.41, 5.74) is 9.81. The average Bonchev–Trinajstić information content (AvgIpc) is 1.82. The number of rotatable bonds is 4. The molecule has 0 aromatic carbocycles. The number of hydrogen-bond donors (Lipinski definition) is 3. The second kappa shape index (κ2) is 8.25. The van der Waals surface area contributed by atoms with E-state index in [1.54, 1.807) is 0 Å². The van der Waals surface area contributed by atoms with Gasteiger partial charge in [-0.3, -0.25) is 9.59 Å². The Morgan fingerprint density at radius 3 is 2.08 bits per heavy atom. The fraction of sp³-hybridized carbons (Fsp3) is 0.600. The lowest BCUT2D eigenvalue weighted by Crippen LogP contribution is -2.31. The van der Waals surface area contributed by atoms with Crippen LogP contribution in [0.5, 0.6) is 0 Å². The molecule has 0 aromatic heterocycles. The Hall–Kier alpha value is -0.850. The largest absolute Gasteiger partial charge is 0.480 e. The van der Waals surface area contributed by atoms with Crippen LogP contribution in [-0.2, 0) is 9.59 Å². The summed E-state index contributed by atoms with van der Waals surface area (Å²) in [4.78, 5) is 20.1. The molecule has 0 saturated carbocycles. The number of hydrogen-bond acceptors (Lipinski definition) is 3.